The molecule has 5 rings (SSSR count). The fourth-order valence-corrected chi connectivity index (χ4v) is 5.78. The Morgan fingerprint density at radius 3 is 1.61 bits per heavy atom. The number of benzene rings is 5. The first kappa shape index (κ1) is 35.8. The molecule has 0 atom stereocenters. The molecular weight excluding hydrogens is 660 g/mol. The summed E-state index contributed by atoms with van der Waals surface area (Å²) >= 11 is 0. The smallest absolute Gasteiger partial charge is 0.323 e. The second-order valence-corrected chi connectivity index (χ2v) is 11.7. The molecule has 264 valence electrons. The van der Waals surface area contributed by atoms with Crippen LogP contribution in [0.3, 0.4) is 0 Å². The van der Waals surface area contributed by atoms with Crippen molar-refractivity contribution >= 4 is 56.8 Å². The van der Waals surface area contributed by atoms with Crippen LogP contribution in [0.1, 0.15) is 11.1 Å². The van der Waals surface area contributed by atoms with Gasteiger partial charge < -0.3 is 44.4 Å². The molecule has 0 saturated heterocycles. The summed E-state index contributed by atoms with van der Waals surface area (Å²) in [5, 5.41) is 42.0. The second-order valence-electron chi connectivity index (χ2n) is 11.7. The highest BCUT2D eigenvalue weighted by atomic mass is 16.5. The topological polar surface area (TPSA) is 183 Å². The van der Waals surface area contributed by atoms with E-state index in [-0.39, 0.29) is 42.7 Å². The van der Waals surface area contributed by atoms with Crippen molar-refractivity contribution in [2.75, 3.05) is 49.2 Å². The zero-order valence-electron chi connectivity index (χ0n) is 27.7. The van der Waals surface area contributed by atoms with Crippen LogP contribution in [0.25, 0.3) is 21.5 Å². The summed E-state index contributed by atoms with van der Waals surface area (Å²) in [6.45, 7) is -0.600. The lowest BCUT2D eigenvalue weighted by atomic mass is 9.97. The van der Waals surface area contributed by atoms with E-state index < -0.39 is 50.1 Å². The molecule has 0 unspecified atom stereocenters. The van der Waals surface area contributed by atoms with Gasteiger partial charge in [-0.15, -0.1) is 0 Å². The maximum atomic E-state index is 11.8. The van der Waals surface area contributed by atoms with Crippen molar-refractivity contribution in [1.29, 1.82) is 0 Å². The first-order chi connectivity index (χ1) is 24.5. The number of aliphatic carboxylic acids is 4. The third kappa shape index (κ3) is 9.35. The zero-order chi connectivity index (χ0) is 36.5. The molecule has 0 aliphatic heterocycles. The summed E-state index contributed by atoms with van der Waals surface area (Å²) in [6, 6.07) is 27.7. The lowest BCUT2D eigenvalue weighted by Crippen LogP contribution is -2.35. The minimum Gasteiger partial charge on any atom is -0.489 e. The van der Waals surface area contributed by atoms with Gasteiger partial charge >= 0.3 is 23.9 Å². The highest BCUT2D eigenvalue weighted by Gasteiger charge is 2.21. The highest BCUT2D eigenvalue weighted by molar-refractivity contribution is 6.02. The van der Waals surface area contributed by atoms with E-state index in [0.29, 0.717) is 5.75 Å². The minimum atomic E-state index is -1.25. The number of rotatable bonds is 18. The van der Waals surface area contributed by atoms with Crippen LogP contribution in [0.15, 0.2) is 91.0 Å². The van der Waals surface area contributed by atoms with Crippen LogP contribution in [0.5, 0.6) is 17.2 Å². The van der Waals surface area contributed by atoms with E-state index in [1.54, 1.807) is 37.3 Å². The Kier molecular flexibility index (Phi) is 11.4. The second kappa shape index (κ2) is 16.3. The summed E-state index contributed by atoms with van der Waals surface area (Å²) < 4.78 is 18.2. The number of nitrogens with zero attached hydrogens (tertiary/aromatic N) is 2. The first-order valence-electron chi connectivity index (χ1n) is 15.9. The molecule has 13 nitrogen and oxygen atoms in total. The number of ether oxygens (including phenoxy) is 3. The zero-order valence-corrected chi connectivity index (χ0v) is 27.7. The molecule has 51 heavy (non-hydrogen) atoms. The third-order valence-electron chi connectivity index (χ3n) is 7.90. The molecule has 13 heteroatoms. The minimum absolute atomic E-state index is 0.0753. The third-order valence-corrected chi connectivity index (χ3v) is 7.90. The number of carboxylic acids is 4. The molecular formula is C38H36N2O11. The van der Waals surface area contributed by atoms with Gasteiger partial charge in [-0.1, -0.05) is 54.6 Å². The van der Waals surface area contributed by atoms with Crippen molar-refractivity contribution in [2.45, 2.75) is 13.5 Å². The molecule has 0 aliphatic carbocycles. The molecule has 0 spiro atoms. The molecule has 0 aromatic heterocycles. The van der Waals surface area contributed by atoms with E-state index >= 15 is 0 Å². The van der Waals surface area contributed by atoms with E-state index in [1.165, 1.54) is 6.07 Å². The Morgan fingerprint density at radius 1 is 0.549 bits per heavy atom. The van der Waals surface area contributed by atoms with E-state index in [0.717, 1.165) is 42.5 Å². The molecule has 0 bridgehead atoms. The van der Waals surface area contributed by atoms with Crippen LogP contribution in [0.4, 0.5) is 11.4 Å². The van der Waals surface area contributed by atoms with Crippen LogP contribution in [0, 0.1) is 6.92 Å². The molecule has 0 saturated carbocycles. The van der Waals surface area contributed by atoms with E-state index in [1.807, 2.05) is 48.5 Å². The predicted octanol–water partition coefficient (Wildman–Crippen LogP) is 5.29. The molecule has 5 aromatic rings. The van der Waals surface area contributed by atoms with E-state index in [4.69, 9.17) is 14.2 Å². The largest absolute Gasteiger partial charge is 0.489 e. The maximum Gasteiger partial charge on any atom is 0.323 e. The van der Waals surface area contributed by atoms with Crippen LogP contribution in [0.2, 0.25) is 0 Å². The molecule has 4 N–H and O–H groups in total. The van der Waals surface area contributed by atoms with Gasteiger partial charge in [-0.2, -0.15) is 0 Å². The number of hydrogen-bond acceptors (Lipinski definition) is 9. The van der Waals surface area contributed by atoms with Crippen molar-refractivity contribution in [3.63, 3.8) is 0 Å². The number of aryl methyl sites for hydroxylation is 1. The van der Waals surface area contributed by atoms with Gasteiger partial charge in [-0.25, -0.2) is 0 Å². The van der Waals surface area contributed by atoms with E-state index in [2.05, 4.69) is 6.07 Å². The van der Waals surface area contributed by atoms with Crippen LogP contribution < -0.4 is 24.0 Å². The SMILES string of the molecule is Cc1ccc(N(CC(=O)O)CC(=O)O)c(OCCOc2ccc(OCc3c4ccccc4cc4ccccc34)cc2N(CC(=O)O)CC(=O)O)c1. The van der Waals surface area contributed by atoms with E-state index in [9.17, 15) is 39.6 Å². The summed E-state index contributed by atoms with van der Waals surface area (Å²) in [5.74, 6) is -4.17. The Hall–Kier alpha value is -6.50. The average Bonchev–Trinajstić information content (AvgIpc) is 3.07. The highest BCUT2D eigenvalue weighted by Crippen LogP contribution is 2.35. The van der Waals surface area contributed by atoms with Crippen LogP contribution in [-0.2, 0) is 25.8 Å². The molecule has 0 heterocycles. The summed E-state index contributed by atoms with van der Waals surface area (Å²) in [6.07, 6.45) is 0. The predicted molar refractivity (Wildman–Crippen MR) is 189 cm³/mol. The van der Waals surface area contributed by atoms with Crippen molar-refractivity contribution in [2.24, 2.45) is 0 Å². The Balaban J connectivity index is 1.39. The molecule has 5 aromatic carbocycles. The molecule has 0 fully saturated rings. The quantitative estimate of drug-likeness (QED) is 0.0686. The monoisotopic (exact) mass is 696 g/mol. The van der Waals surface area contributed by atoms with Gasteiger partial charge in [0.1, 0.15) is 63.2 Å². The van der Waals surface area contributed by atoms with Gasteiger partial charge in [-0.3, -0.25) is 19.2 Å². The van der Waals surface area contributed by atoms with Gasteiger partial charge in [0, 0.05) is 11.6 Å². The molecule has 0 aliphatic rings. The lowest BCUT2D eigenvalue weighted by Gasteiger charge is -2.25. The number of anilines is 2. The number of carbonyl (C=O) groups is 4. The van der Waals surface area contributed by atoms with Gasteiger partial charge in [0.25, 0.3) is 0 Å². The Morgan fingerprint density at radius 2 is 1.06 bits per heavy atom. The standard InChI is InChI=1S/C38H36N2O11/c1-24-10-12-31(39(19-35(41)42)20-36(43)44)34(16-24)50-15-14-49-33-13-11-27(18-32(33)40(21-37(45)46)22-38(47)48)51-23-30-28-8-4-2-6-25(28)17-26-7-3-5-9-29(26)30/h2-13,16-18H,14-15,19-23H2,1H3,(H,41,42)(H,43,44)(H,45,46)(H,47,48). The summed E-state index contributed by atoms with van der Waals surface area (Å²) in [5.41, 5.74) is 2.18. The fourth-order valence-electron chi connectivity index (χ4n) is 5.78. The summed E-state index contributed by atoms with van der Waals surface area (Å²) in [4.78, 5) is 48.8. The summed E-state index contributed by atoms with van der Waals surface area (Å²) in [7, 11) is 0. The first-order valence-corrected chi connectivity index (χ1v) is 15.9. The van der Waals surface area contributed by atoms with Crippen molar-refractivity contribution in [1.82, 2.24) is 0 Å². The van der Waals surface area contributed by atoms with Gasteiger partial charge in [0.15, 0.2) is 0 Å². The number of hydrogen-bond donors (Lipinski definition) is 4. The normalized spacial score (nSPS) is 10.8. The van der Waals surface area contributed by atoms with Gasteiger partial charge in [0.2, 0.25) is 0 Å². The Labute approximate surface area is 292 Å². The van der Waals surface area contributed by atoms with Gasteiger partial charge in [-0.05, 0) is 64.4 Å². The van der Waals surface area contributed by atoms with Crippen LogP contribution in [-0.4, -0.2) is 83.7 Å². The van der Waals surface area contributed by atoms with Gasteiger partial charge in [0.05, 0.1) is 11.4 Å². The molecule has 0 amide bonds. The Bertz CT molecular complexity index is 1990. The lowest BCUT2D eigenvalue weighted by molar-refractivity contribution is -0.138. The number of carboxylic acid groups (broad SMARTS) is 4. The van der Waals surface area contributed by atoms with Crippen LogP contribution >= 0.6 is 0 Å². The average molecular weight is 697 g/mol. The maximum absolute atomic E-state index is 11.8. The fraction of sp³-hybridized carbons (Fsp3) is 0.211. The van der Waals surface area contributed by atoms with Crippen molar-refractivity contribution < 1.29 is 53.8 Å². The molecule has 0 radical (unpaired) electrons. The number of fused-ring (bicyclic) bond motifs is 2. The van der Waals surface area contributed by atoms with Crippen molar-refractivity contribution in [3.8, 4) is 17.2 Å². The van der Waals surface area contributed by atoms with Crippen molar-refractivity contribution in [3.05, 3.63) is 102 Å².